The molecule has 2 atom stereocenters. The van der Waals surface area contributed by atoms with Gasteiger partial charge in [0.1, 0.15) is 11.7 Å². The van der Waals surface area contributed by atoms with Crippen molar-refractivity contribution in [1.82, 2.24) is 9.88 Å². The van der Waals surface area contributed by atoms with Gasteiger partial charge in [0.2, 0.25) is 0 Å². The summed E-state index contributed by atoms with van der Waals surface area (Å²) in [4.78, 5) is 18.2. The third kappa shape index (κ3) is 4.35. The molecular weight excluding hydrogens is 348 g/mol. The Morgan fingerprint density at radius 3 is 2.73 bits per heavy atom. The lowest BCUT2D eigenvalue weighted by molar-refractivity contribution is 0.0224. The first kappa shape index (κ1) is 17.1. The summed E-state index contributed by atoms with van der Waals surface area (Å²) in [5, 5.41) is 0. The van der Waals surface area contributed by atoms with Crippen molar-refractivity contribution in [1.29, 1.82) is 0 Å². The Hall–Kier alpha value is -1.30. The van der Waals surface area contributed by atoms with Gasteiger partial charge >= 0.3 is 6.09 Å². The molecule has 0 unspecified atom stereocenters. The van der Waals surface area contributed by atoms with Crippen molar-refractivity contribution in [2.24, 2.45) is 0 Å². The lowest BCUT2D eigenvalue weighted by atomic mass is 10.2. The van der Waals surface area contributed by atoms with E-state index in [1.54, 1.807) is 11.1 Å². The molecule has 0 N–H and O–H groups in total. The van der Waals surface area contributed by atoms with Crippen LogP contribution in [0.15, 0.2) is 16.7 Å². The summed E-state index contributed by atoms with van der Waals surface area (Å²) in [6.07, 6.45) is 2.15. The van der Waals surface area contributed by atoms with Gasteiger partial charge in [-0.3, -0.25) is 4.98 Å². The van der Waals surface area contributed by atoms with Gasteiger partial charge in [-0.15, -0.1) is 0 Å². The van der Waals surface area contributed by atoms with Gasteiger partial charge in [-0.25, -0.2) is 4.79 Å². The zero-order valence-corrected chi connectivity index (χ0v) is 15.3. The molecule has 1 saturated heterocycles. The van der Waals surface area contributed by atoms with Crippen molar-refractivity contribution >= 4 is 22.0 Å². The SMILES string of the molecule is Cc1cc(Br)c(O[C@@H]2C[C@H](C)N(C(=O)OC(C)(C)C)C2)cn1. The van der Waals surface area contributed by atoms with E-state index in [2.05, 4.69) is 20.9 Å². The Balaban J connectivity index is 2.00. The molecular formula is C16H23BrN2O3. The number of rotatable bonds is 2. The van der Waals surface area contributed by atoms with Gasteiger partial charge in [0, 0.05) is 18.2 Å². The first-order chi connectivity index (χ1) is 10.2. The highest BCUT2D eigenvalue weighted by atomic mass is 79.9. The van der Waals surface area contributed by atoms with Crippen molar-refractivity contribution < 1.29 is 14.3 Å². The van der Waals surface area contributed by atoms with Crippen molar-refractivity contribution in [3.8, 4) is 5.75 Å². The summed E-state index contributed by atoms with van der Waals surface area (Å²) >= 11 is 3.48. The Morgan fingerprint density at radius 1 is 1.45 bits per heavy atom. The first-order valence-electron chi connectivity index (χ1n) is 7.44. The van der Waals surface area contributed by atoms with Crippen LogP contribution >= 0.6 is 15.9 Å². The maximum Gasteiger partial charge on any atom is 0.410 e. The largest absolute Gasteiger partial charge is 0.486 e. The van der Waals surface area contributed by atoms with E-state index in [0.29, 0.717) is 12.3 Å². The first-order valence-corrected chi connectivity index (χ1v) is 8.23. The van der Waals surface area contributed by atoms with Crippen LogP contribution in [-0.4, -0.2) is 40.3 Å². The van der Waals surface area contributed by atoms with Gasteiger partial charge in [-0.05, 0) is 56.6 Å². The predicted molar refractivity (Wildman–Crippen MR) is 88.1 cm³/mol. The van der Waals surface area contributed by atoms with Crippen LogP contribution in [0.3, 0.4) is 0 Å². The minimum atomic E-state index is -0.486. The lowest BCUT2D eigenvalue weighted by Gasteiger charge is -2.26. The zero-order valence-electron chi connectivity index (χ0n) is 13.7. The number of aromatic nitrogens is 1. The molecule has 0 aliphatic carbocycles. The van der Waals surface area contributed by atoms with Gasteiger partial charge in [-0.2, -0.15) is 0 Å². The Morgan fingerprint density at radius 2 is 2.14 bits per heavy atom. The molecule has 0 saturated carbocycles. The van der Waals surface area contributed by atoms with Crippen molar-refractivity contribution in [2.45, 2.75) is 58.8 Å². The summed E-state index contributed by atoms with van der Waals surface area (Å²) in [6.45, 7) is 10.1. The number of pyridine rings is 1. The molecule has 0 bridgehead atoms. The van der Waals surface area contributed by atoms with Crippen LogP contribution in [0.4, 0.5) is 4.79 Å². The molecule has 5 nitrogen and oxygen atoms in total. The maximum absolute atomic E-state index is 12.2. The van der Waals surface area contributed by atoms with Gasteiger partial charge in [-0.1, -0.05) is 0 Å². The molecule has 1 fully saturated rings. The van der Waals surface area contributed by atoms with Crippen molar-refractivity contribution in [3.05, 3.63) is 22.4 Å². The molecule has 2 heterocycles. The van der Waals surface area contributed by atoms with Crippen LogP contribution in [0.1, 0.15) is 39.8 Å². The number of halogens is 1. The number of likely N-dealkylation sites (tertiary alicyclic amines) is 1. The Bertz CT molecular complexity index is 557. The number of amides is 1. The lowest BCUT2D eigenvalue weighted by Crippen LogP contribution is -2.39. The number of carbonyl (C=O) groups is 1. The van der Waals surface area contributed by atoms with Crippen LogP contribution in [0.5, 0.6) is 5.75 Å². The topological polar surface area (TPSA) is 51.7 Å². The smallest absolute Gasteiger partial charge is 0.410 e. The average Bonchev–Trinajstić information content (AvgIpc) is 2.72. The quantitative estimate of drug-likeness (QED) is 0.791. The number of carbonyl (C=O) groups excluding carboxylic acids is 1. The molecule has 2 rings (SSSR count). The second kappa shape index (κ2) is 6.44. The van der Waals surface area contributed by atoms with Crippen LogP contribution in [0.2, 0.25) is 0 Å². The predicted octanol–water partition coefficient (Wildman–Crippen LogP) is 3.93. The highest BCUT2D eigenvalue weighted by Crippen LogP contribution is 2.29. The molecule has 1 aliphatic heterocycles. The molecule has 122 valence electrons. The van der Waals surface area contributed by atoms with Gasteiger partial charge < -0.3 is 14.4 Å². The Labute approximate surface area is 140 Å². The van der Waals surface area contributed by atoms with E-state index in [0.717, 1.165) is 16.6 Å². The molecule has 1 amide bonds. The fraction of sp³-hybridized carbons (Fsp3) is 0.625. The molecule has 0 aromatic carbocycles. The fourth-order valence-electron chi connectivity index (χ4n) is 2.42. The standard InChI is InChI=1S/C16H23BrN2O3/c1-10-6-13(17)14(8-18-10)21-12-7-11(2)19(9-12)15(20)22-16(3,4)5/h6,8,11-12H,7,9H2,1-5H3/t11-,12+/m0/s1. The third-order valence-corrected chi connectivity index (χ3v) is 4.03. The average molecular weight is 371 g/mol. The minimum absolute atomic E-state index is 0.0525. The van der Waals surface area contributed by atoms with Crippen LogP contribution in [0.25, 0.3) is 0 Å². The normalized spacial score (nSPS) is 21.8. The van der Waals surface area contributed by atoms with Crippen molar-refractivity contribution in [2.75, 3.05) is 6.54 Å². The summed E-state index contributed by atoms with van der Waals surface area (Å²) in [7, 11) is 0. The summed E-state index contributed by atoms with van der Waals surface area (Å²) in [5.74, 6) is 0.703. The van der Waals surface area contributed by atoms with E-state index < -0.39 is 5.60 Å². The Kier molecular flexibility index (Phi) is 5.00. The molecule has 22 heavy (non-hydrogen) atoms. The molecule has 6 heteroatoms. The number of nitrogens with zero attached hydrogens (tertiary/aromatic N) is 2. The summed E-state index contributed by atoms with van der Waals surface area (Å²) in [6, 6.07) is 2.01. The zero-order chi connectivity index (χ0) is 16.5. The van der Waals surface area contributed by atoms with E-state index in [4.69, 9.17) is 9.47 Å². The summed E-state index contributed by atoms with van der Waals surface area (Å²) < 4.78 is 12.3. The fourth-order valence-corrected chi connectivity index (χ4v) is 2.95. The van der Waals surface area contributed by atoms with Crippen molar-refractivity contribution in [3.63, 3.8) is 0 Å². The third-order valence-electron chi connectivity index (χ3n) is 3.41. The van der Waals surface area contributed by atoms with Crippen LogP contribution in [-0.2, 0) is 4.74 Å². The number of aryl methyl sites for hydroxylation is 1. The van der Waals surface area contributed by atoms with Crippen LogP contribution in [0, 0.1) is 6.92 Å². The molecule has 1 aromatic rings. The molecule has 1 aromatic heterocycles. The van der Waals surface area contributed by atoms with E-state index in [1.165, 1.54) is 0 Å². The van der Waals surface area contributed by atoms with E-state index in [9.17, 15) is 4.79 Å². The molecule has 0 spiro atoms. The monoisotopic (exact) mass is 370 g/mol. The summed E-state index contributed by atoms with van der Waals surface area (Å²) in [5.41, 5.74) is 0.439. The maximum atomic E-state index is 12.2. The number of hydrogen-bond donors (Lipinski definition) is 0. The van der Waals surface area contributed by atoms with E-state index in [1.807, 2.05) is 40.7 Å². The van der Waals surface area contributed by atoms with Crippen LogP contribution < -0.4 is 4.74 Å². The highest BCUT2D eigenvalue weighted by Gasteiger charge is 2.36. The molecule has 1 aliphatic rings. The van der Waals surface area contributed by atoms with E-state index in [-0.39, 0.29) is 18.2 Å². The highest BCUT2D eigenvalue weighted by molar-refractivity contribution is 9.10. The van der Waals surface area contributed by atoms with Gasteiger partial charge in [0.25, 0.3) is 0 Å². The second-order valence-corrected chi connectivity index (χ2v) is 7.57. The van der Waals surface area contributed by atoms with Gasteiger partial charge in [0.05, 0.1) is 17.2 Å². The van der Waals surface area contributed by atoms with E-state index >= 15 is 0 Å². The second-order valence-electron chi connectivity index (χ2n) is 6.71. The minimum Gasteiger partial charge on any atom is -0.486 e. The number of ether oxygens (including phenoxy) is 2. The van der Waals surface area contributed by atoms with Gasteiger partial charge in [0.15, 0.2) is 5.75 Å². The molecule has 0 radical (unpaired) electrons. The number of hydrogen-bond acceptors (Lipinski definition) is 4.